The highest BCUT2D eigenvalue weighted by atomic mass is 35.5. The second-order valence-corrected chi connectivity index (χ2v) is 27.8. The minimum absolute atomic E-state index is 0.268. The molecule has 0 N–H and O–H groups in total. The van der Waals surface area contributed by atoms with Crippen LogP contribution in [0.25, 0.3) is 179 Å². The molecule has 22 rings (SSSR count). The summed E-state index contributed by atoms with van der Waals surface area (Å²) in [6.45, 7) is 0. The molecule has 14 aromatic carbocycles. The Bertz CT molecular complexity index is 6860. The molecule has 464 valence electrons. The largest absolute Gasteiger partial charge is 0.309 e. The third-order valence-electron chi connectivity index (χ3n) is 19.7. The van der Waals surface area contributed by atoms with Gasteiger partial charge in [-0.1, -0.05) is 231 Å². The number of para-hydroxylation sites is 5. The molecule has 1 aliphatic rings. The molecule has 21 aromatic rings. The average molecular weight is 1320 g/mol. The van der Waals surface area contributed by atoms with Crippen molar-refractivity contribution in [1.29, 1.82) is 0 Å². The fourth-order valence-electron chi connectivity index (χ4n) is 15.3. The minimum Gasteiger partial charge on any atom is -0.309 e. The van der Waals surface area contributed by atoms with Gasteiger partial charge in [0, 0.05) is 75.0 Å². The third-order valence-corrected chi connectivity index (χ3v) is 22.2. The van der Waals surface area contributed by atoms with Crippen LogP contribution in [-0.2, 0) is 6.42 Å². The third kappa shape index (κ3) is 9.38. The van der Waals surface area contributed by atoms with Crippen LogP contribution < -0.4 is 0 Å². The summed E-state index contributed by atoms with van der Waals surface area (Å²) in [6, 6.07) is 112. The molecule has 0 saturated heterocycles. The maximum atomic E-state index is 6.42. The maximum absolute atomic E-state index is 6.42. The van der Waals surface area contributed by atoms with Crippen LogP contribution in [0.5, 0.6) is 0 Å². The van der Waals surface area contributed by atoms with Crippen LogP contribution >= 0.6 is 34.3 Å². The molecule has 0 saturated carbocycles. The van der Waals surface area contributed by atoms with E-state index in [-0.39, 0.29) is 5.28 Å². The van der Waals surface area contributed by atoms with Gasteiger partial charge in [0.25, 0.3) is 0 Å². The number of thiophene rings is 2. The summed E-state index contributed by atoms with van der Waals surface area (Å²) < 4.78 is 11.5. The summed E-state index contributed by atoms with van der Waals surface area (Å²) >= 11 is 9.90. The average Bonchev–Trinajstić information content (AvgIpc) is 1.59. The molecular weight excluding hydrogens is 1270 g/mol. The van der Waals surface area contributed by atoms with E-state index in [1.165, 1.54) is 96.5 Å². The Balaban J connectivity index is 0.000000113. The normalized spacial score (nSPS) is 12.1. The van der Waals surface area contributed by atoms with Crippen molar-refractivity contribution in [2.75, 3.05) is 0 Å². The monoisotopic (exact) mass is 1320 g/mol. The highest BCUT2D eigenvalue weighted by Gasteiger charge is 2.24. The van der Waals surface area contributed by atoms with Gasteiger partial charge in [0.05, 0.1) is 64.9 Å². The lowest BCUT2D eigenvalue weighted by Crippen LogP contribution is -2.03. The van der Waals surface area contributed by atoms with Crippen LogP contribution in [0.2, 0.25) is 5.28 Å². The van der Waals surface area contributed by atoms with Crippen molar-refractivity contribution >= 4 is 162 Å². The lowest BCUT2D eigenvalue weighted by atomic mass is 10.0. The van der Waals surface area contributed by atoms with Gasteiger partial charge in [0.2, 0.25) is 11.2 Å². The zero-order valence-corrected chi connectivity index (χ0v) is 55.4. The number of benzene rings is 14. The SMILES string of the molecule is Clc1nc(-c2ccc3c4ccccc4n(-c4ccccc4)c3c2)c2sc3ccccc3c2n1.c1ccc(-n2c3ccccc3c3ccc(-c4nc(-n5c6ccccc6c6cc7ccccc7cc65)nc5c4sc4ccccc45)cc32)cc1.c1ccc2c(c1)Cc1cc3ccccc3cc1-2. The second-order valence-electron chi connectivity index (χ2n) is 25.4. The van der Waals surface area contributed by atoms with Crippen LogP contribution in [0, 0.1) is 0 Å². The fraction of sp³-hybridized carbons (Fsp3) is 0.0112. The molecule has 99 heavy (non-hydrogen) atoms. The summed E-state index contributed by atoms with van der Waals surface area (Å²) in [5.74, 6) is 0.677. The molecule has 0 bridgehead atoms. The van der Waals surface area contributed by atoms with Gasteiger partial charge in [0.15, 0.2) is 0 Å². The number of fused-ring (bicyclic) bond motifs is 20. The van der Waals surface area contributed by atoms with Gasteiger partial charge in [-0.2, -0.15) is 0 Å². The Morgan fingerprint density at radius 2 is 0.707 bits per heavy atom. The Morgan fingerprint density at radius 1 is 0.283 bits per heavy atom. The zero-order valence-electron chi connectivity index (χ0n) is 53.1. The Morgan fingerprint density at radius 3 is 1.29 bits per heavy atom. The van der Waals surface area contributed by atoms with Crippen molar-refractivity contribution in [2.24, 2.45) is 0 Å². The van der Waals surface area contributed by atoms with Gasteiger partial charge < -0.3 is 9.13 Å². The van der Waals surface area contributed by atoms with E-state index in [0.29, 0.717) is 5.95 Å². The van der Waals surface area contributed by atoms with Crippen LogP contribution in [0.4, 0.5) is 0 Å². The van der Waals surface area contributed by atoms with Crippen LogP contribution in [0.1, 0.15) is 11.1 Å². The van der Waals surface area contributed by atoms with Crippen molar-refractivity contribution in [1.82, 2.24) is 33.6 Å². The van der Waals surface area contributed by atoms with Crippen LogP contribution in [0.15, 0.2) is 315 Å². The van der Waals surface area contributed by atoms with E-state index in [2.05, 4.69) is 327 Å². The van der Waals surface area contributed by atoms with E-state index in [4.69, 9.17) is 21.6 Å². The summed E-state index contributed by atoms with van der Waals surface area (Å²) in [4.78, 5) is 20.2. The Labute approximate surface area is 580 Å². The maximum Gasteiger partial charge on any atom is 0.235 e. The molecule has 0 atom stereocenters. The predicted octanol–water partition coefficient (Wildman–Crippen LogP) is 24.5. The van der Waals surface area contributed by atoms with E-state index < -0.39 is 0 Å². The van der Waals surface area contributed by atoms with Gasteiger partial charge in [-0.25, -0.2) is 19.9 Å². The number of hydrogen-bond donors (Lipinski definition) is 0. The highest BCUT2D eigenvalue weighted by molar-refractivity contribution is 7.26. The van der Waals surface area contributed by atoms with Gasteiger partial charge in [-0.15, -0.1) is 22.7 Å². The molecule has 7 nitrogen and oxygen atoms in total. The quantitative estimate of drug-likeness (QED) is 0.161. The molecule has 0 aliphatic heterocycles. The molecule has 10 heteroatoms. The summed E-state index contributed by atoms with van der Waals surface area (Å²) in [6.07, 6.45) is 1.08. The first kappa shape index (κ1) is 57.2. The molecular formula is C89H54ClN7S2. The minimum atomic E-state index is 0.268. The Hall–Kier alpha value is -12.1. The molecule has 0 spiro atoms. The molecule has 1 aliphatic carbocycles. The number of nitrogens with zero attached hydrogens (tertiary/aromatic N) is 7. The number of hydrogen-bond acceptors (Lipinski definition) is 6. The molecule has 0 amide bonds. The first-order valence-corrected chi connectivity index (χ1v) is 35.3. The fourth-order valence-corrected chi connectivity index (χ4v) is 17.8. The lowest BCUT2D eigenvalue weighted by Gasteiger charge is -2.11. The number of aromatic nitrogens is 7. The predicted molar refractivity (Wildman–Crippen MR) is 418 cm³/mol. The zero-order chi connectivity index (χ0) is 65.2. The topological polar surface area (TPSA) is 66.3 Å². The van der Waals surface area contributed by atoms with Crippen molar-refractivity contribution in [3.05, 3.63) is 332 Å². The van der Waals surface area contributed by atoms with Crippen LogP contribution in [0.3, 0.4) is 0 Å². The Kier molecular flexibility index (Phi) is 13.3. The van der Waals surface area contributed by atoms with E-state index in [0.717, 1.165) is 93.6 Å². The molecule has 0 unspecified atom stereocenters. The van der Waals surface area contributed by atoms with E-state index >= 15 is 0 Å². The van der Waals surface area contributed by atoms with Crippen molar-refractivity contribution in [2.45, 2.75) is 6.42 Å². The summed E-state index contributed by atoms with van der Waals surface area (Å²) in [5.41, 5.74) is 20.7. The van der Waals surface area contributed by atoms with E-state index in [1.54, 1.807) is 22.7 Å². The highest BCUT2D eigenvalue weighted by Crippen LogP contribution is 2.45. The smallest absolute Gasteiger partial charge is 0.235 e. The number of halogens is 1. The number of rotatable bonds is 5. The molecule has 7 aromatic heterocycles. The lowest BCUT2D eigenvalue weighted by molar-refractivity contribution is 1.02. The molecule has 0 radical (unpaired) electrons. The van der Waals surface area contributed by atoms with E-state index in [9.17, 15) is 0 Å². The van der Waals surface area contributed by atoms with Gasteiger partial charge in [0.1, 0.15) is 0 Å². The van der Waals surface area contributed by atoms with Crippen molar-refractivity contribution in [3.8, 4) is 51.0 Å². The van der Waals surface area contributed by atoms with Gasteiger partial charge in [-0.05, 0) is 147 Å². The molecule has 0 fully saturated rings. The van der Waals surface area contributed by atoms with Crippen molar-refractivity contribution < 1.29 is 0 Å². The first-order valence-electron chi connectivity index (χ1n) is 33.2. The van der Waals surface area contributed by atoms with E-state index in [1.807, 2.05) is 12.1 Å². The first-order chi connectivity index (χ1) is 49.0. The second kappa shape index (κ2) is 23.0. The van der Waals surface area contributed by atoms with Crippen LogP contribution in [-0.4, -0.2) is 33.6 Å². The summed E-state index contributed by atoms with van der Waals surface area (Å²) in [7, 11) is 0. The van der Waals surface area contributed by atoms with Gasteiger partial charge >= 0.3 is 0 Å². The van der Waals surface area contributed by atoms with Crippen molar-refractivity contribution in [3.63, 3.8) is 0 Å². The van der Waals surface area contributed by atoms with Gasteiger partial charge in [-0.3, -0.25) is 4.57 Å². The molecule has 7 heterocycles. The summed E-state index contributed by atoms with van der Waals surface area (Å²) in [5, 5.41) is 14.9. The standard InChI is InChI=1S/C44H26N4S.C28H16ClN3S.C17H12/c1-2-14-30(15-3-1)47-36-19-9-6-16-31(36)33-23-22-29(26-38(33)47)41-43-42(34-18-8-11-21-40(34)49-43)46-44(45-41)48-37-20-10-7-17-32(37)35-24-27-12-4-5-13-28(27)25-39(35)48;29-28-30-25(27-26(31-28)21-11-5-7-13-24(21)33-27)17-14-15-20-19-10-4-6-12-22(19)32(23(20)16-17)18-8-2-1-3-9-18;1-2-6-13-11-17-15(9-12(13)5-1)10-14-7-3-4-8-16(14)17/h1-26H;1-16H;1-9,11H,10H2.